The molecule has 1 N–H and O–H groups in total. The lowest BCUT2D eigenvalue weighted by atomic mass is 9.92. The van der Waals surface area contributed by atoms with Crippen LogP contribution in [0.25, 0.3) is 22.6 Å². The molecule has 1 aliphatic heterocycles. The van der Waals surface area contributed by atoms with Crippen molar-refractivity contribution in [1.29, 1.82) is 0 Å². The number of carbonyl (C=O) groups is 2. The number of rotatable bonds is 6. The molecule has 5 rings (SSSR count). The molecule has 0 aliphatic carbocycles. The highest BCUT2D eigenvalue weighted by molar-refractivity contribution is 5.97. The molecule has 0 atom stereocenters. The van der Waals surface area contributed by atoms with E-state index in [1.165, 1.54) is 12.1 Å². The van der Waals surface area contributed by atoms with E-state index >= 15 is 0 Å². The van der Waals surface area contributed by atoms with Gasteiger partial charge in [0, 0.05) is 37.2 Å². The molecule has 1 fully saturated rings. The van der Waals surface area contributed by atoms with Crippen LogP contribution in [0.1, 0.15) is 35.2 Å². The number of nitrogens with one attached hydrogen (secondary N) is 1. The Kier molecular flexibility index (Phi) is 6.57. The Balaban J connectivity index is 1.15. The summed E-state index contributed by atoms with van der Waals surface area (Å²) in [6, 6.07) is 21.2. The molecule has 1 aromatic heterocycles. The van der Waals surface area contributed by atoms with Crippen LogP contribution < -0.4 is 5.32 Å². The summed E-state index contributed by atoms with van der Waals surface area (Å²) in [5.74, 6) is 0.342. The monoisotopic (exact) mass is 471 g/mol. The lowest BCUT2D eigenvalue weighted by Crippen LogP contribution is -2.39. The standard InChI is InChI=1S/C28H26FN3O3/c29-23-8-4-5-20(15-23)18-30-26(33)16-19-11-13-32(14-12-19)28(34)22-9-10-24-25(17-22)35-27(31-24)21-6-2-1-3-7-21/h1-10,15,17,19H,11-14,16,18H2,(H,30,33). The first-order valence-corrected chi connectivity index (χ1v) is 11.8. The van der Waals surface area contributed by atoms with Gasteiger partial charge in [-0.15, -0.1) is 0 Å². The second-order valence-corrected chi connectivity index (χ2v) is 8.91. The highest BCUT2D eigenvalue weighted by Crippen LogP contribution is 2.26. The van der Waals surface area contributed by atoms with Gasteiger partial charge in [0.2, 0.25) is 11.8 Å². The second kappa shape index (κ2) is 10.1. The molecule has 0 bridgehead atoms. The van der Waals surface area contributed by atoms with Crippen LogP contribution >= 0.6 is 0 Å². The Morgan fingerprint density at radius 2 is 1.80 bits per heavy atom. The number of hydrogen-bond donors (Lipinski definition) is 1. The first-order valence-electron chi connectivity index (χ1n) is 11.8. The average Bonchev–Trinajstić information content (AvgIpc) is 3.32. The predicted octanol–water partition coefficient (Wildman–Crippen LogP) is 5.19. The third kappa shape index (κ3) is 5.40. The number of piperidine rings is 1. The van der Waals surface area contributed by atoms with Crippen LogP contribution in [-0.4, -0.2) is 34.8 Å². The van der Waals surface area contributed by atoms with Crippen molar-refractivity contribution in [3.8, 4) is 11.5 Å². The summed E-state index contributed by atoms with van der Waals surface area (Å²) in [5.41, 5.74) is 3.49. The van der Waals surface area contributed by atoms with E-state index in [4.69, 9.17) is 4.42 Å². The SMILES string of the molecule is O=C(CC1CCN(C(=O)c2ccc3nc(-c4ccccc4)oc3c2)CC1)NCc1cccc(F)c1. The number of amides is 2. The highest BCUT2D eigenvalue weighted by Gasteiger charge is 2.25. The summed E-state index contributed by atoms with van der Waals surface area (Å²) in [5, 5.41) is 2.86. The zero-order valence-electron chi connectivity index (χ0n) is 19.2. The van der Waals surface area contributed by atoms with Crippen molar-refractivity contribution in [2.45, 2.75) is 25.8 Å². The molecule has 3 aromatic carbocycles. The van der Waals surface area contributed by atoms with E-state index < -0.39 is 0 Å². The third-order valence-electron chi connectivity index (χ3n) is 6.41. The van der Waals surface area contributed by atoms with Crippen LogP contribution in [0.15, 0.2) is 77.2 Å². The topological polar surface area (TPSA) is 75.4 Å². The van der Waals surface area contributed by atoms with Crippen LogP contribution in [-0.2, 0) is 11.3 Å². The fourth-order valence-electron chi connectivity index (χ4n) is 4.47. The van der Waals surface area contributed by atoms with Crippen LogP contribution in [0.2, 0.25) is 0 Å². The molecule has 7 heteroatoms. The molecule has 178 valence electrons. The number of oxazole rings is 1. The van der Waals surface area contributed by atoms with Gasteiger partial charge in [0.05, 0.1) is 0 Å². The zero-order chi connectivity index (χ0) is 24.2. The van der Waals surface area contributed by atoms with Crippen molar-refractivity contribution in [2.24, 2.45) is 5.92 Å². The molecular formula is C28H26FN3O3. The number of aromatic nitrogens is 1. The predicted molar refractivity (Wildman–Crippen MR) is 131 cm³/mol. The summed E-state index contributed by atoms with van der Waals surface area (Å²) in [6.45, 7) is 1.51. The normalized spacial score (nSPS) is 14.3. The van der Waals surface area contributed by atoms with Gasteiger partial charge in [-0.05, 0) is 66.8 Å². The number of fused-ring (bicyclic) bond motifs is 1. The van der Waals surface area contributed by atoms with Crippen molar-refractivity contribution >= 4 is 22.9 Å². The van der Waals surface area contributed by atoms with Crippen molar-refractivity contribution in [2.75, 3.05) is 13.1 Å². The minimum absolute atomic E-state index is 0.0430. The van der Waals surface area contributed by atoms with Crippen LogP contribution in [0.4, 0.5) is 4.39 Å². The number of likely N-dealkylation sites (tertiary alicyclic amines) is 1. The van der Waals surface area contributed by atoms with Gasteiger partial charge in [-0.1, -0.05) is 30.3 Å². The van der Waals surface area contributed by atoms with E-state index in [1.54, 1.807) is 24.3 Å². The van der Waals surface area contributed by atoms with E-state index in [0.717, 1.165) is 24.0 Å². The van der Waals surface area contributed by atoms with Gasteiger partial charge in [0.15, 0.2) is 5.58 Å². The van der Waals surface area contributed by atoms with Gasteiger partial charge in [-0.25, -0.2) is 9.37 Å². The van der Waals surface area contributed by atoms with E-state index in [-0.39, 0.29) is 23.5 Å². The lowest BCUT2D eigenvalue weighted by molar-refractivity contribution is -0.122. The smallest absolute Gasteiger partial charge is 0.253 e. The molecule has 35 heavy (non-hydrogen) atoms. The van der Waals surface area contributed by atoms with Gasteiger partial charge >= 0.3 is 0 Å². The fraction of sp³-hybridized carbons (Fsp3) is 0.250. The summed E-state index contributed by atoms with van der Waals surface area (Å²) in [6.07, 6.45) is 1.94. The van der Waals surface area contributed by atoms with Crippen LogP contribution in [0.3, 0.4) is 0 Å². The average molecular weight is 472 g/mol. The van der Waals surface area contributed by atoms with Crippen molar-refractivity contribution in [1.82, 2.24) is 15.2 Å². The van der Waals surface area contributed by atoms with Crippen molar-refractivity contribution < 1.29 is 18.4 Å². The first kappa shape index (κ1) is 22.8. The maximum atomic E-state index is 13.3. The van der Waals surface area contributed by atoms with Gasteiger partial charge in [-0.2, -0.15) is 0 Å². The lowest BCUT2D eigenvalue weighted by Gasteiger charge is -2.31. The largest absolute Gasteiger partial charge is 0.436 e. The molecule has 0 saturated carbocycles. The number of hydrogen-bond acceptors (Lipinski definition) is 4. The molecule has 4 aromatic rings. The minimum atomic E-state index is -0.312. The maximum absolute atomic E-state index is 13.3. The van der Waals surface area contributed by atoms with Crippen molar-refractivity contribution in [3.63, 3.8) is 0 Å². The Morgan fingerprint density at radius 1 is 1.00 bits per heavy atom. The van der Waals surface area contributed by atoms with Crippen LogP contribution in [0.5, 0.6) is 0 Å². The molecule has 6 nitrogen and oxygen atoms in total. The number of benzene rings is 3. The van der Waals surface area contributed by atoms with Crippen LogP contribution in [0, 0.1) is 11.7 Å². The van der Waals surface area contributed by atoms with E-state index in [0.29, 0.717) is 48.6 Å². The summed E-state index contributed by atoms with van der Waals surface area (Å²) >= 11 is 0. The number of halogens is 1. The molecular weight excluding hydrogens is 445 g/mol. The second-order valence-electron chi connectivity index (χ2n) is 8.91. The molecule has 1 aliphatic rings. The van der Waals surface area contributed by atoms with Crippen molar-refractivity contribution in [3.05, 3.63) is 89.7 Å². The van der Waals surface area contributed by atoms with E-state index in [1.807, 2.05) is 41.3 Å². The molecule has 0 radical (unpaired) electrons. The molecule has 2 amide bonds. The minimum Gasteiger partial charge on any atom is -0.436 e. The maximum Gasteiger partial charge on any atom is 0.253 e. The Hall–Kier alpha value is -4.00. The van der Waals surface area contributed by atoms with E-state index in [9.17, 15) is 14.0 Å². The Labute approximate surface area is 202 Å². The molecule has 1 saturated heterocycles. The first-order chi connectivity index (χ1) is 17.0. The number of nitrogens with zero attached hydrogens (tertiary/aromatic N) is 2. The highest BCUT2D eigenvalue weighted by atomic mass is 19.1. The zero-order valence-corrected chi connectivity index (χ0v) is 19.2. The molecule has 0 unspecified atom stereocenters. The Morgan fingerprint density at radius 3 is 2.57 bits per heavy atom. The number of carbonyl (C=O) groups excluding carboxylic acids is 2. The third-order valence-corrected chi connectivity index (χ3v) is 6.41. The molecule has 0 spiro atoms. The summed E-state index contributed by atoms with van der Waals surface area (Å²) < 4.78 is 19.2. The van der Waals surface area contributed by atoms with Gasteiger partial charge in [0.1, 0.15) is 11.3 Å². The van der Waals surface area contributed by atoms with Gasteiger partial charge < -0.3 is 14.6 Å². The Bertz CT molecular complexity index is 1340. The molecule has 2 heterocycles. The van der Waals surface area contributed by atoms with E-state index in [2.05, 4.69) is 10.3 Å². The van der Waals surface area contributed by atoms with Gasteiger partial charge in [0.25, 0.3) is 5.91 Å². The van der Waals surface area contributed by atoms with Gasteiger partial charge in [-0.3, -0.25) is 9.59 Å². The summed E-state index contributed by atoms with van der Waals surface area (Å²) in [7, 11) is 0. The summed E-state index contributed by atoms with van der Waals surface area (Å²) in [4.78, 5) is 31.8. The quantitative estimate of drug-likeness (QED) is 0.420. The fourth-order valence-corrected chi connectivity index (χ4v) is 4.47.